The van der Waals surface area contributed by atoms with E-state index in [9.17, 15) is 70.9 Å². The summed E-state index contributed by atoms with van der Waals surface area (Å²) >= 11 is 0. The summed E-state index contributed by atoms with van der Waals surface area (Å²) < 4.78 is 35.0. The van der Waals surface area contributed by atoms with Gasteiger partial charge in [-0.1, -0.05) is 24.3 Å². The number of fused-ring (bicyclic) bond motifs is 2. The van der Waals surface area contributed by atoms with Crippen molar-refractivity contribution in [1.82, 2.24) is 0 Å². The Morgan fingerprint density at radius 3 is 1.16 bits per heavy atom. The fourth-order valence-electron chi connectivity index (χ4n) is 8.53. The maximum Gasteiger partial charge on any atom is 0.316 e. The topological polar surface area (TPSA) is 332 Å². The number of carbonyl (C=O) groups excluding carboxylic acids is 2. The molecule has 4 aromatic rings. The van der Waals surface area contributed by atoms with Gasteiger partial charge in [-0.15, -0.1) is 0 Å². The molecular weight excluding hydrogens is 824 g/mol. The number of hydrogen-bond acceptors (Lipinski definition) is 20. The van der Waals surface area contributed by atoms with Crippen LogP contribution in [0.5, 0.6) is 46.0 Å². The van der Waals surface area contributed by atoms with Gasteiger partial charge in [0, 0.05) is 47.2 Å². The van der Waals surface area contributed by atoms with E-state index in [4.69, 9.17) is 28.4 Å². The first-order valence-corrected chi connectivity index (χ1v) is 19.3. The molecule has 12 N–H and O–H groups in total. The Morgan fingerprint density at radius 2 is 0.823 bits per heavy atom. The number of carbonyl (C=O) groups is 2. The molecule has 0 radical (unpaired) electrons. The van der Waals surface area contributed by atoms with Crippen LogP contribution < -0.4 is 18.9 Å². The second-order valence-corrected chi connectivity index (χ2v) is 15.4. The Labute approximate surface area is 350 Å². The van der Waals surface area contributed by atoms with Gasteiger partial charge in [0.25, 0.3) is 0 Å². The zero-order chi connectivity index (χ0) is 44.3. The molecule has 0 unspecified atom stereocenters. The van der Waals surface area contributed by atoms with Crippen molar-refractivity contribution in [3.8, 4) is 46.0 Å². The van der Waals surface area contributed by atoms with Crippen molar-refractivity contribution in [2.75, 3.05) is 13.2 Å². The number of ether oxygens (including phenoxy) is 6. The van der Waals surface area contributed by atoms with Crippen LogP contribution in [-0.2, 0) is 19.1 Å². The maximum absolute atomic E-state index is 14.7. The van der Waals surface area contributed by atoms with Crippen molar-refractivity contribution >= 4 is 11.9 Å². The molecule has 8 rings (SSSR count). The monoisotopic (exact) mass is 866 g/mol. The van der Waals surface area contributed by atoms with Gasteiger partial charge in [-0.25, -0.2) is 0 Å². The zero-order valence-corrected chi connectivity index (χ0v) is 32.1. The van der Waals surface area contributed by atoms with Gasteiger partial charge in [-0.2, -0.15) is 0 Å². The van der Waals surface area contributed by atoms with Gasteiger partial charge < -0.3 is 89.7 Å². The number of hydrogen-bond donors (Lipinski definition) is 12. The van der Waals surface area contributed by atoms with Crippen LogP contribution in [0.15, 0.2) is 72.8 Å². The van der Waals surface area contributed by atoms with E-state index >= 15 is 0 Å². The molecular formula is C42H42O20. The van der Waals surface area contributed by atoms with Gasteiger partial charge in [0.2, 0.25) is 12.6 Å². The Morgan fingerprint density at radius 1 is 0.468 bits per heavy atom. The van der Waals surface area contributed by atoms with Crippen LogP contribution in [0.25, 0.3) is 0 Å². The highest BCUT2D eigenvalue weighted by atomic mass is 16.7. The third-order valence-corrected chi connectivity index (χ3v) is 11.6. The van der Waals surface area contributed by atoms with Crippen LogP contribution in [0.4, 0.5) is 0 Å². The Hall–Kier alpha value is -5.78. The van der Waals surface area contributed by atoms with E-state index in [0.717, 1.165) is 24.3 Å². The van der Waals surface area contributed by atoms with Crippen molar-refractivity contribution in [2.45, 2.75) is 73.2 Å². The van der Waals surface area contributed by atoms with Crippen molar-refractivity contribution in [3.05, 3.63) is 95.1 Å². The molecule has 4 aliphatic heterocycles. The lowest BCUT2D eigenvalue weighted by Crippen LogP contribution is -2.60. The maximum atomic E-state index is 14.7. The number of aliphatic hydroxyl groups excluding tert-OH is 8. The molecule has 0 saturated carbocycles. The molecule has 0 spiro atoms. The second-order valence-electron chi connectivity index (χ2n) is 15.4. The lowest BCUT2D eigenvalue weighted by Gasteiger charge is -2.43. The van der Waals surface area contributed by atoms with Crippen LogP contribution in [0.2, 0.25) is 0 Å². The lowest BCUT2D eigenvalue weighted by atomic mass is 9.65. The summed E-state index contributed by atoms with van der Waals surface area (Å²) in [5, 5.41) is 126. The largest absolute Gasteiger partial charge is 0.508 e. The van der Waals surface area contributed by atoms with E-state index in [1.54, 1.807) is 0 Å². The first kappa shape index (κ1) is 42.9. The van der Waals surface area contributed by atoms with Gasteiger partial charge >= 0.3 is 11.9 Å². The quantitative estimate of drug-likeness (QED) is 0.0702. The Balaban J connectivity index is 1.31. The minimum atomic E-state index is -1.93. The zero-order valence-electron chi connectivity index (χ0n) is 32.1. The van der Waals surface area contributed by atoms with Crippen molar-refractivity contribution in [1.29, 1.82) is 0 Å². The van der Waals surface area contributed by atoms with Gasteiger partial charge in [0.05, 0.1) is 25.0 Å². The fourth-order valence-corrected chi connectivity index (χ4v) is 8.53. The molecule has 330 valence electrons. The van der Waals surface area contributed by atoms with E-state index in [-0.39, 0.29) is 56.8 Å². The summed E-state index contributed by atoms with van der Waals surface area (Å²) in [6.45, 7) is -1.61. The van der Waals surface area contributed by atoms with Crippen LogP contribution in [0.3, 0.4) is 0 Å². The summed E-state index contributed by atoms with van der Waals surface area (Å²) in [4.78, 5) is 29.3. The first-order valence-electron chi connectivity index (χ1n) is 19.3. The Bertz CT molecular complexity index is 2140. The lowest BCUT2D eigenvalue weighted by molar-refractivity contribution is -0.277. The average Bonchev–Trinajstić information content (AvgIpc) is 3.23. The minimum absolute atomic E-state index is 0.0263. The molecule has 62 heavy (non-hydrogen) atoms. The molecule has 14 atom stereocenters. The highest BCUT2D eigenvalue weighted by Crippen LogP contribution is 2.58. The van der Waals surface area contributed by atoms with Gasteiger partial charge in [-0.3, -0.25) is 9.59 Å². The molecule has 4 heterocycles. The van der Waals surface area contributed by atoms with E-state index in [0.29, 0.717) is 0 Å². The van der Waals surface area contributed by atoms with Gasteiger partial charge in [-0.05, 0) is 35.4 Å². The molecule has 2 fully saturated rings. The molecule has 0 aliphatic carbocycles. The predicted octanol–water partition coefficient (Wildman–Crippen LogP) is -1.10. The van der Waals surface area contributed by atoms with Crippen LogP contribution in [0, 0.1) is 11.8 Å². The van der Waals surface area contributed by atoms with E-state index in [1.165, 1.54) is 48.5 Å². The van der Waals surface area contributed by atoms with Crippen molar-refractivity contribution < 1.29 is 99.3 Å². The summed E-state index contributed by atoms with van der Waals surface area (Å²) in [6, 6.07) is 15.2. The van der Waals surface area contributed by atoms with Crippen LogP contribution in [0.1, 0.15) is 34.1 Å². The number of phenols is 4. The number of esters is 2. The Kier molecular flexibility index (Phi) is 11.6. The molecule has 0 aromatic heterocycles. The first-order chi connectivity index (χ1) is 29.6. The van der Waals surface area contributed by atoms with Crippen LogP contribution in [-0.4, -0.2) is 148 Å². The third-order valence-electron chi connectivity index (χ3n) is 11.6. The molecule has 4 aliphatic rings. The molecule has 0 amide bonds. The van der Waals surface area contributed by atoms with E-state index in [1.807, 2.05) is 0 Å². The average molecular weight is 867 g/mol. The molecule has 20 nitrogen and oxygen atoms in total. The van der Waals surface area contributed by atoms with Crippen molar-refractivity contribution in [3.63, 3.8) is 0 Å². The van der Waals surface area contributed by atoms with E-state index < -0.39 is 122 Å². The van der Waals surface area contributed by atoms with E-state index in [2.05, 4.69) is 0 Å². The highest BCUT2D eigenvalue weighted by Gasteiger charge is 2.56. The fraction of sp³-hybridized carbons (Fsp3) is 0.381. The number of benzene rings is 4. The third kappa shape index (κ3) is 7.59. The number of aromatic hydroxyl groups is 4. The summed E-state index contributed by atoms with van der Waals surface area (Å²) in [6.07, 6.45) is -17.5. The normalized spacial score (nSPS) is 33.1. The summed E-state index contributed by atoms with van der Waals surface area (Å²) in [5.41, 5.74) is 0.450. The molecule has 0 bridgehead atoms. The molecule has 20 heteroatoms. The van der Waals surface area contributed by atoms with Crippen LogP contribution >= 0.6 is 0 Å². The predicted molar refractivity (Wildman–Crippen MR) is 203 cm³/mol. The molecule has 2 saturated heterocycles. The van der Waals surface area contributed by atoms with Crippen molar-refractivity contribution in [2.24, 2.45) is 11.8 Å². The summed E-state index contributed by atoms with van der Waals surface area (Å²) in [7, 11) is 0. The number of aliphatic hydroxyl groups is 8. The standard InChI is InChI=1S/C42H42O20/c43-13-25-33(49)35(51)37(53)41(61-25)59-23-11-19(47)9-21-29(23)27(15-1-5-17(45)6-2-15)31(39(55)57-21)32-28(16-3-7-18(46)8-4-16)30-22(58-40(32)56)10-20(48)12-24(30)60-42-38(54)36(52)34(50)26(14-44)62-42/h1-12,25-28,31-38,41-54H,13-14H2/t25-,26-,27-,28-,31+,32+,33-,34-,35+,36+,37-,38-,41-,42-/m1/s1. The number of rotatable bonds is 9. The smallest absolute Gasteiger partial charge is 0.316 e. The van der Waals surface area contributed by atoms with Gasteiger partial charge in [0.1, 0.15) is 94.8 Å². The SMILES string of the molecule is O=C1Oc2cc(O)cc(O[C@@H]3O[C@H](CO)[C@@H](O)[C@H](O)[C@H]3O)c2[C@@H](c2ccc(O)cc2)[C@H]1[C@H]1C(=O)Oc2cc(O)cc(O[C@@H]3O[C@H](CO)[C@@H](O)[C@H](O)[C@H]3O)c2[C@H]1c1ccc(O)cc1. The minimum Gasteiger partial charge on any atom is -0.508 e. The second kappa shape index (κ2) is 16.8. The number of phenolic OH excluding ortho intramolecular Hbond substituents is 4. The summed E-state index contributed by atoms with van der Waals surface area (Å²) in [5.74, 6) is -10.7. The highest BCUT2D eigenvalue weighted by molar-refractivity contribution is 5.91. The van der Waals surface area contributed by atoms with Gasteiger partial charge in [0.15, 0.2) is 0 Å². The molecule has 4 aromatic carbocycles.